The second-order valence-electron chi connectivity index (χ2n) is 1.99. The van der Waals surface area contributed by atoms with E-state index in [1.54, 1.807) is 4.68 Å². The van der Waals surface area contributed by atoms with Crippen molar-refractivity contribution in [2.75, 3.05) is 5.73 Å². The average Bonchev–Trinajstić information content (AvgIpc) is 2.26. The van der Waals surface area contributed by atoms with Crippen LogP contribution < -0.4 is 5.73 Å². The zero-order chi connectivity index (χ0) is 8.27. The third-order valence-corrected chi connectivity index (χ3v) is 1.74. The molecule has 0 atom stereocenters. The Morgan fingerprint density at radius 1 is 1.73 bits per heavy atom. The lowest BCUT2D eigenvalue weighted by Gasteiger charge is -1.93. The zero-order valence-corrected chi connectivity index (χ0v) is 7.74. The summed E-state index contributed by atoms with van der Waals surface area (Å²) in [5, 5.41) is 3.93. The van der Waals surface area contributed by atoms with Crippen molar-refractivity contribution in [2.24, 2.45) is 0 Å². The van der Waals surface area contributed by atoms with Crippen LogP contribution in [0.5, 0.6) is 0 Å². The smallest absolute Gasteiger partial charge is 0.240 e. The van der Waals surface area contributed by atoms with Gasteiger partial charge in [-0.1, -0.05) is 12.2 Å². The highest BCUT2D eigenvalue weighted by Crippen LogP contribution is 2.07. The van der Waals surface area contributed by atoms with E-state index in [1.165, 1.54) is 0 Å². The molecule has 11 heavy (non-hydrogen) atoms. The van der Waals surface area contributed by atoms with Gasteiger partial charge < -0.3 is 5.73 Å². The van der Waals surface area contributed by atoms with E-state index < -0.39 is 0 Å². The molecular weight excluding hydrogens is 208 g/mol. The molecule has 60 valence electrons. The van der Waals surface area contributed by atoms with Crippen molar-refractivity contribution in [2.45, 2.75) is 13.5 Å². The summed E-state index contributed by atoms with van der Waals surface area (Å²) in [5.41, 5.74) is 5.35. The monoisotopic (exact) mass is 216 g/mol. The minimum absolute atomic E-state index is 0.293. The largest absolute Gasteiger partial charge is 0.366 e. The van der Waals surface area contributed by atoms with Crippen molar-refractivity contribution in [1.29, 1.82) is 0 Å². The molecule has 0 fully saturated rings. The number of hydrogen-bond donors (Lipinski definition) is 1. The Kier molecular flexibility index (Phi) is 2.64. The summed E-state index contributed by atoms with van der Waals surface area (Å²) in [6.45, 7) is 2.65. The molecule has 1 aromatic rings. The molecule has 0 saturated carbocycles. The molecule has 0 amide bonds. The third-order valence-electron chi connectivity index (χ3n) is 1.16. The maximum atomic E-state index is 5.35. The van der Waals surface area contributed by atoms with E-state index in [0.29, 0.717) is 17.2 Å². The van der Waals surface area contributed by atoms with Crippen LogP contribution in [0.15, 0.2) is 16.9 Å². The molecular formula is C6H9BrN4. The van der Waals surface area contributed by atoms with Crippen molar-refractivity contribution in [3.8, 4) is 0 Å². The highest BCUT2D eigenvalue weighted by molar-refractivity contribution is 9.10. The van der Waals surface area contributed by atoms with Gasteiger partial charge in [0.25, 0.3) is 0 Å². The van der Waals surface area contributed by atoms with E-state index in [0.717, 1.165) is 0 Å². The van der Waals surface area contributed by atoms with E-state index in [2.05, 4.69) is 26.0 Å². The van der Waals surface area contributed by atoms with Crippen LogP contribution in [0.1, 0.15) is 6.92 Å². The summed E-state index contributed by atoms with van der Waals surface area (Å²) in [5.74, 6) is 0.293. The third kappa shape index (κ3) is 2.04. The predicted octanol–water partition coefficient (Wildman–Crippen LogP) is 1.20. The number of anilines is 1. The molecule has 4 nitrogen and oxygen atoms in total. The fourth-order valence-electron chi connectivity index (χ4n) is 0.661. The van der Waals surface area contributed by atoms with Crippen LogP contribution in [-0.4, -0.2) is 14.8 Å². The van der Waals surface area contributed by atoms with Crippen LogP contribution in [-0.2, 0) is 6.54 Å². The second-order valence-corrected chi connectivity index (χ2v) is 2.70. The fourth-order valence-corrected chi connectivity index (χ4v) is 1.07. The van der Waals surface area contributed by atoms with E-state index in [4.69, 9.17) is 5.73 Å². The molecule has 1 heterocycles. The van der Waals surface area contributed by atoms with Gasteiger partial charge in [0.2, 0.25) is 5.95 Å². The molecule has 0 aromatic carbocycles. The van der Waals surface area contributed by atoms with Gasteiger partial charge in [-0.25, -0.2) is 4.68 Å². The lowest BCUT2D eigenvalue weighted by molar-refractivity contribution is 0.684. The summed E-state index contributed by atoms with van der Waals surface area (Å²) in [6, 6.07) is 0. The van der Waals surface area contributed by atoms with Gasteiger partial charge in [0, 0.05) is 0 Å². The summed E-state index contributed by atoms with van der Waals surface area (Å²) in [6.07, 6.45) is 3.92. The van der Waals surface area contributed by atoms with E-state index in [9.17, 15) is 0 Å². The predicted molar refractivity (Wildman–Crippen MR) is 46.9 cm³/mol. The number of nitrogens with two attached hydrogens (primary N) is 1. The lowest BCUT2D eigenvalue weighted by atomic mass is 10.5. The van der Waals surface area contributed by atoms with Crippen LogP contribution in [0.4, 0.5) is 5.95 Å². The van der Waals surface area contributed by atoms with Gasteiger partial charge >= 0.3 is 0 Å². The molecule has 0 unspecified atom stereocenters. The summed E-state index contributed by atoms with van der Waals surface area (Å²) < 4.78 is 2.34. The van der Waals surface area contributed by atoms with Gasteiger partial charge in [-0.2, -0.15) is 4.98 Å². The number of hydrogen-bond acceptors (Lipinski definition) is 3. The van der Waals surface area contributed by atoms with Gasteiger partial charge in [-0.15, -0.1) is 5.10 Å². The molecule has 1 aromatic heterocycles. The molecule has 0 radical (unpaired) electrons. The minimum atomic E-state index is 0.293. The van der Waals surface area contributed by atoms with Gasteiger partial charge in [-0.3, -0.25) is 0 Å². The normalized spacial score (nSPS) is 11.1. The molecule has 0 aliphatic rings. The Bertz CT molecular complexity index is 266. The highest BCUT2D eigenvalue weighted by atomic mass is 79.9. The molecule has 0 saturated heterocycles. The maximum Gasteiger partial charge on any atom is 0.240 e. The number of nitrogens with zero attached hydrogens (tertiary/aromatic N) is 3. The van der Waals surface area contributed by atoms with Gasteiger partial charge in [0.15, 0.2) is 4.73 Å². The number of halogens is 1. The summed E-state index contributed by atoms with van der Waals surface area (Å²) in [4.78, 5) is 3.88. The quantitative estimate of drug-likeness (QED) is 0.757. The maximum absolute atomic E-state index is 5.35. The SMILES string of the molecule is C/C=C/Cn1nc(N)nc1Br. The Morgan fingerprint density at radius 3 is 2.91 bits per heavy atom. The number of rotatable bonds is 2. The van der Waals surface area contributed by atoms with E-state index in [-0.39, 0.29) is 0 Å². The first-order chi connectivity index (χ1) is 5.24. The Hall–Kier alpha value is -0.840. The van der Waals surface area contributed by atoms with Gasteiger partial charge in [0.05, 0.1) is 6.54 Å². The molecule has 0 aliphatic heterocycles. The first-order valence-electron chi connectivity index (χ1n) is 3.21. The summed E-state index contributed by atoms with van der Waals surface area (Å²) in [7, 11) is 0. The number of aromatic nitrogens is 3. The van der Waals surface area contributed by atoms with Crippen LogP contribution in [0, 0.1) is 0 Å². The van der Waals surface area contributed by atoms with Gasteiger partial charge in [0.1, 0.15) is 0 Å². The van der Waals surface area contributed by atoms with E-state index >= 15 is 0 Å². The molecule has 2 N–H and O–H groups in total. The van der Waals surface area contributed by atoms with E-state index in [1.807, 2.05) is 19.1 Å². The first-order valence-corrected chi connectivity index (χ1v) is 4.00. The van der Waals surface area contributed by atoms with Gasteiger partial charge in [-0.05, 0) is 22.9 Å². The minimum Gasteiger partial charge on any atom is -0.366 e. The molecule has 0 aliphatic carbocycles. The zero-order valence-electron chi connectivity index (χ0n) is 6.16. The van der Waals surface area contributed by atoms with Crippen molar-refractivity contribution in [3.05, 3.63) is 16.9 Å². The number of nitrogen functional groups attached to an aromatic ring is 1. The lowest BCUT2D eigenvalue weighted by Crippen LogP contribution is -1.98. The van der Waals surface area contributed by atoms with Crippen molar-refractivity contribution in [3.63, 3.8) is 0 Å². The Balaban J connectivity index is 2.77. The van der Waals surface area contributed by atoms with Crippen molar-refractivity contribution < 1.29 is 0 Å². The van der Waals surface area contributed by atoms with Crippen molar-refractivity contribution in [1.82, 2.24) is 14.8 Å². The van der Waals surface area contributed by atoms with Crippen LogP contribution in [0.25, 0.3) is 0 Å². The molecule has 0 bridgehead atoms. The summed E-state index contributed by atoms with van der Waals surface area (Å²) >= 11 is 3.22. The second kappa shape index (κ2) is 3.52. The van der Waals surface area contributed by atoms with Crippen LogP contribution in [0.2, 0.25) is 0 Å². The first kappa shape index (κ1) is 8.26. The number of allylic oxidation sites excluding steroid dienone is 2. The Labute approximate surface area is 73.2 Å². The fraction of sp³-hybridized carbons (Fsp3) is 0.333. The topological polar surface area (TPSA) is 56.7 Å². The standard InChI is InChI=1S/C6H9BrN4/c1-2-3-4-11-5(7)9-6(8)10-11/h2-3H,4H2,1H3,(H2,8,10)/b3-2+. The average molecular weight is 217 g/mol. The molecule has 0 spiro atoms. The molecule has 1 rings (SSSR count). The highest BCUT2D eigenvalue weighted by Gasteiger charge is 2.00. The van der Waals surface area contributed by atoms with Crippen molar-refractivity contribution >= 4 is 21.9 Å². The Morgan fingerprint density at radius 2 is 2.45 bits per heavy atom. The van der Waals surface area contributed by atoms with Crippen LogP contribution >= 0.6 is 15.9 Å². The molecule has 5 heteroatoms. The van der Waals surface area contributed by atoms with Crippen LogP contribution in [0.3, 0.4) is 0 Å².